The molecule has 3 aromatic rings. The van der Waals surface area contributed by atoms with Crippen molar-refractivity contribution in [2.75, 3.05) is 22.8 Å². The molecule has 1 aliphatic rings. The predicted octanol–water partition coefficient (Wildman–Crippen LogP) is 5.71. The summed E-state index contributed by atoms with van der Waals surface area (Å²) in [4.78, 5) is 27.2. The van der Waals surface area contributed by atoms with Crippen LogP contribution >= 0.6 is 27.3 Å². The average Bonchev–Trinajstić information content (AvgIpc) is 3.20. The number of anilines is 2. The lowest BCUT2D eigenvalue weighted by Crippen LogP contribution is -2.38. The maximum Gasteiger partial charge on any atom is 0.341 e. The molecule has 0 fully saturated rings. The lowest BCUT2D eigenvalue weighted by atomic mass is 9.95. The van der Waals surface area contributed by atoms with Crippen LogP contribution in [0.1, 0.15) is 46.1 Å². The normalized spacial score (nSPS) is 13.1. The van der Waals surface area contributed by atoms with Crippen LogP contribution in [0.4, 0.5) is 10.7 Å². The Morgan fingerprint density at radius 1 is 1.11 bits per heavy atom. The summed E-state index contributed by atoms with van der Waals surface area (Å²) in [6.45, 7) is 3.37. The first-order chi connectivity index (χ1) is 17.2. The molecular weight excluding hydrogens is 564 g/mol. The molecule has 0 bridgehead atoms. The van der Waals surface area contributed by atoms with Gasteiger partial charge in [-0.05, 0) is 75.4 Å². The maximum absolute atomic E-state index is 13.6. The van der Waals surface area contributed by atoms with Crippen LogP contribution in [0.15, 0.2) is 57.9 Å². The zero-order valence-electron chi connectivity index (χ0n) is 20.0. The second-order valence-electron chi connectivity index (χ2n) is 8.49. The molecule has 190 valence electrons. The van der Waals surface area contributed by atoms with Gasteiger partial charge in [-0.15, -0.1) is 11.3 Å². The molecule has 10 heteroatoms. The van der Waals surface area contributed by atoms with Crippen LogP contribution in [0, 0.1) is 6.92 Å². The topological polar surface area (TPSA) is 92.8 Å². The molecule has 1 aliphatic carbocycles. The summed E-state index contributed by atoms with van der Waals surface area (Å²) in [6, 6.07) is 13.3. The minimum absolute atomic E-state index is 0.0830. The summed E-state index contributed by atoms with van der Waals surface area (Å²) in [5, 5.41) is 3.23. The second kappa shape index (κ2) is 11.1. The van der Waals surface area contributed by atoms with E-state index in [-0.39, 0.29) is 11.5 Å². The van der Waals surface area contributed by atoms with Gasteiger partial charge >= 0.3 is 5.97 Å². The van der Waals surface area contributed by atoms with Gasteiger partial charge in [0.15, 0.2) is 0 Å². The first-order valence-corrected chi connectivity index (χ1v) is 14.7. The van der Waals surface area contributed by atoms with Crippen molar-refractivity contribution in [1.82, 2.24) is 0 Å². The molecular formula is C26H27BrN2O5S2. The Morgan fingerprint density at radius 2 is 1.83 bits per heavy atom. The zero-order chi connectivity index (χ0) is 25.9. The summed E-state index contributed by atoms with van der Waals surface area (Å²) in [5.74, 6) is -1.02. The van der Waals surface area contributed by atoms with E-state index < -0.39 is 28.4 Å². The number of aryl methyl sites for hydroxylation is 2. The quantitative estimate of drug-likeness (QED) is 0.339. The smallest absolute Gasteiger partial charge is 0.341 e. The van der Waals surface area contributed by atoms with Gasteiger partial charge in [0.25, 0.3) is 10.0 Å². The number of rotatable bonds is 8. The molecule has 0 radical (unpaired) electrons. The van der Waals surface area contributed by atoms with Gasteiger partial charge in [0.1, 0.15) is 11.5 Å². The largest absolute Gasteiger partial charge is 0.462 e. The highest BCUT2D eigenvalue weighted by Gasteiger charge is 2.30. The van der Waals surface area contributed by atoms with Crippen molar-refractivity contribution in [2.45, 2.75) is 44.4 Å². The molecule has 0 spiro atoms. The lowest BCUT2D eigenvalue weighted by Gasteiger charge is -2.24. The molecule has 1 heterocycles. The Hall–Kier alpha value is -2.69. The molecule has 1 amide bonds. The maximum atomic E-state index is 13.6. The number of nitrogens with zero attached hydrogens (tertiary/aromatic N) is 1. The number of hydrogen-bond acceptors (Lipinski definition) is 6. The Balaban J connectivity index is 1.67. The van der Waals surface area contributed by atoms with Crippen molar-refractivity contribution in [1.29, 1.82) is 0 Å². The predicted molar refractivity (Wildman–Crippen MR) is 145 cm³/mol. The molecule has 36 heavy (non-hydrogen) atoms. The number of amides is 1. The van der Waals surface area contributed by atoms with E-state index in [1.165, 1.54) is 23.5 Å². The van der Waals surface area contributed by atoms with Crippen LogP contribution in [0.3, 0.4) is 0 Å². The van der Waals surface area contributed by atoms with Crippen molar-refractivity contribution in [3.63, 3.8) is 0 Å². The first kappa shape index (κ1) is 26.4. The first-order valence-electron chi connectivity index (χ1n) is 11.7. The minimum atomic E-state index is -4.05. The van der Waals surface area contributed by atoms with Crippen LogP contribution in [-0.2, 0) is 32.4 Å². The van der Waals surface area contributed by atoms with E-state index in [0.29, 0.717) is 20.7 Å². The fourth-order valence-corrected chi connectivity index (χ4v) is 7.25. The molecule has 1 N–H and O–H groups in total. The van der Waals surface area contributed by atoms with E-state index in [9.17, 15) is 18.0 Å². The number of nitrogens with one attached hydrogen (secondary N) is 1. The standard InChI is InChI=1S/C26H27BrN2O5S2/c1-3-34-26(31)24-21-9-4-5-10-22(21)35-25(24)28-23(30)16-29(19-8-6-7-18(27)15-19)36(32,33)20-13-11-17(2)12-14-20/h6-8,11-15H,3-5,9-10,16H2,1-2H3,(H,28,30). The number of fused-ring (bicyclic) bond motifs is 1. The van der Waals surface area contributed by atoms with E-state index >= 15 is 0 Å². The Bertz CT molecular complexity index is 1380. The van der Waals surface area contributed by atoms with Crippen LogP contribution < -0.4 is 9.62 Å². The zero-order valence-corrected chi connectivity index (χ0v) is 23.3. The second-order valence-corrected chi connectivity index (χ2v) is 12.4. The molecule has 1 aromatic heterocycles. The van der Waals surface area contributed by atoms with Gasteiger partial charge in [-0.25, -0.2) is 13.2 Å². The van der Waals surface area contributed by atoms with Crippen LogP contribution in [0.5, 0.6) is 0 Å². The highest BCUT2D eigenvalue weighted by Crippen LogP contribution is 2.38. The fraction of sp³-hybridized carbons (Fsp3) is 0.308. The molecule has 0 atom stereocenters. The van der Waals surface area contributed by atoms with Gasteiger partial charge in [-0.1, -0.05) is 39.7 Å². The number of esters is 1. The number of benzene rings is 2. The van der Waals surface area contributed by atoms with Crippen LogP contribution in [0.25, 0.3) is 0 Å². The van der Waals surface area contributed by atoms with E-state index in [2.05, 4.69) is 21.2 Å². The summed E-state index contributed by atoms with van der Waals surface area (Å²) in [6.07, 6.45) is 3.58. The third-order valence-corrected chi connectivity index (χ3v) is 9.38. The number of sulfonamides is 1. The molecule has 0 saturated heterocycles. The number of hydrogen-bond donors (Lipinski definition) is 1. The van der Waals surface area contributed by atoms with Gasteiger partial charge in [0.05, 0.1) is 22.8 Å². The summed E-state index contributed by atoms with van der Waals surface area (Å²) < 4.78 is 34.3. The third-order valence-electron chi connectivity index (χ3n) is 5.90. The van der Waals surface area contributed by atoms with Crippen molar-refractivity contribution in [3.8, 4) is 0 Å². The van der Waals surface area contributed by atoms with E-state index in [4.69, 9.17) is 4.74 Å². The summed E-state index contributed by atoms with van der Waals surface area (Å²) in [7, 11) is -4.05. The summed E-state index contributed by atoms with van der Waals surface area (Å²) >= 11 is 4.75. The number of carbonyl (C=O) groups excluding carboxylic acids is 2. The van der Waals surface area contributed by atoms with Crippen molar-refractivity contribution >= 4 is 59.9 Å². The number of halogens is 1. The summed E-state index contributed by atoms with van der Waals surface area (Å²) in [5.41, 5.74) is 2.58. The highest BCUT2D eigenvalue weighted by molar-refractivity contribution is 9.10. The molecule has 0 unspecified atom stereocenters. The Morgan fingerprint density at radius 3 is 2.53 bits per heavy atom. The van der Waals surface area contributed by atoms with E-state index in [0.717, 1.165) is 46.0 Å². The monoisotopic (exact) mass is 590 g/mol. The van der Waals surface area contributed by atoms with Gasteiger partial charge in [-0.3, -0.25) is 9.10 Å². The Kier molecular flexibility index (Phi) is 8.17. The van der Waals surface area contributed by atoms with Gasteiger partial charge in [-0.2, -0.15) is 0 Å². The van der Waals surface area contributed by atoms with Crippen LogP contribution in [-0.4, -0.2) is 33.4 Å². The highest BCUT2D eigenvalue weighted by atomic mass is 79.9. The fourth-order valence-electron chi connectivity index (χ4n) is 4.15. The molecule has 4 rings (SSSR count). The SMILES string of the molecule is CCOC(=O)c1c(NC(=O)CN(c2cccc(Br)c2)S(=O)(=O)c2ccc(C)cc2)sc2c1CCCC2. The van der Waals surface area contributed by atoms with Gasteiger partial charge in [0.2, 0.25) is 5.91 Å². The van der Waals surface area contributed by atoms with Crippen molar-refractivity contribution in [2.24, 2.45) is 0 Å². The lowest BCUT2D eigenvalue weighted by molar-refractivity contribution is -0.114. The number of thiophene rings is 1. The van der Waals surface area contributed by atoms with Gasteiger partial charge < -0.3 is 10.1 Å². The average molecular weight is 592 g/mol. The molecule has 0 aliphatic heterocycles. The van der Waals surface area contributed by atoms with Crippen molar-refractivity contribution in [3.05, 3.63) is 74.6 Å². The van der Waals surface area contributed by atoms with Gasteiger partial charge in [0, 0.05) is 9.35 Å². The molecule has 7 nitrogen and oxygen atoms in total. The minimum Gasteiger partial charge on any atom is -0.462 e. The van der Waals surface area contributed by atoms with E-state index in [1.807, 2.05) is 6.92 Å². The number of ether oxygens (including phenoxy) is 1. The van der Waals surface area contributed by atoms with Crippen molar-refractivity contribution < 1.29 is 22.7 Å². The number of carbonyl (C=O) groups is 2. The Labute approximate surface area is 223 Å². The van der Waals surface area contributed by atoms with E-state index in [1.54, 1.807) is 43.3 Å². The molecule has 2 aromatic carbocycles. The molecule has 0 saturated carbocycles. The van der Waals surface area contributed by atoms with Crippen LogP contribution in [0.2, 0.25) is 0 Å². The third kappa shape index (κ3) is 5.66.